The molecule has 1 aliphatic carbocycles. The van der Waals surface area contributed by atoms with Crippen LogP contribution in [0.5, 0.6) is 0 Å². The number of thiophene rings is 1. The number of carbonyl (C=O) groups excluding carboxylic acids is 2. The van der Waals surface area contributed by atoms with Gasteiger partial charge in [0.25, 0.3) is 0 Å². The van der Waals surface area contributed by atoms with E-state index in [0.717, 1.165) is 0 Å². The Hall–Kier alpha value is -1.68. The van der Waals surface area contributed by atoms with Crippen LogP contribution < -0.4 is 0 Å². The van der Waals surface area contributed by atoms with Crippen LogP contribution in [-0.2, 0) is 0 Å². The highest BCUT2D eigenvalue weighted by molar-refractivity contribution is 7.08. The highest BCUT2D eigenvalue weighted by Gasteiger charge is 2.35. The Morgan fingerprint density at radius 2 is 1.38 bits per heavy atom. The molecule has 0 amide bonds. The molecule has 2 aromatic heterocycles. The Morgan fingerprint density at radius 1 is 0.938 bits per heavy atom. The van der Waals surface area contributed by atoms with Crippen LogP contribution in [0.15, 0.2) is 15.2 Å². The van der Waals surface area contributed by atoms with Crippen LogP contribution in [0, 0.1) is 13.8 Å². The fraction of sp³-hybridized carbons (Fsp3) is 0.167. The predicted molar refractivity (Wildman–Crippen MR) is 59.4 cm³/mol. The fourth-order valence-electron chi connectivity index (χ4n) is 2.15. The number of carbonyl (C=O) groups is 2. The minimum absolute atomic E-state index is 0.0970. The molecule has 0 aliphatic heterocycles. The van der Waals surface area contributed by atoms with Gasteiger partial charge in [0.2, 0.25) is 0 Å². The van der Waals surface area contributed by atoms with Crippen LogP contribution >= 0.6 is 11.3 Å². The summed E-state index contributed by atoms with van der Waals surface area (Å²) in [5.41, 5.74) is 1.89. The smallest absolute Gasteiger partial charge is 0.198 e. The molecule has 16 heavy (non-hydrogen) atoms. The zero-order chi connectivity index (χ0) is 11.4. The molecule has 0 bridgehead atoms. The number of rotatable bonds is 0. The minimum Gasteiger partial charge on any atom is -0.465 e. The SMILES string of the molecule is Cc1oc(C)c2c1C(=O)c1cscc1C2=O. The minimum atomic E-state index is -0.0970. The average molecular weight is 232 g/mol. The van der Waals surface area contributed by atoms with Crippen molar-refractivity contribution in [2.75, 3.05) is 0 Å². The standard InChI is InChI=1S/C12H8O3S/c1-5-9-10(6(2)15-5)12(14)8-4-16-3-7(8)11(9)13/h3-4H,1-2H3. The molecule has 2 heterocycles. The summed E-state index contributed by atoms with van der Waals surface area (Å²) in [4.78, 5) is 24.3. The van der Waals surface area contributed by atoms with Crippen LogP contribution in [0.25, 0.3) is 0 Å². The molecule has 2 aromatic rings. The molecule has 0 radical (unpaired) electrons. The highest BCUT2D eigenvalue weighted by Crippen LogP contribution is 2.34. The van der Waals surface area contributed by atoms with E-state index < -0.39 is 0 Å². The highest BCUT2D eigenvalue weighted by atomic mass is 32.1. The van der Waals surface area contributed by atoms with Crippen LogP contribution in [0.2, 0.25) is 0 Å². The van der Waals surface area contributed by atoms with E-state index in [1.807, 2.05) is 0 Å². The van der Waals surface area contributed by atoms with Crippen LogP contribution in [0.3, 0.4) is 0 Å². The molecule has 0 aromatic carbocycles. The summed E-state index contributed by atoms with van der Waals surface area (Å²) in [6.07, 6.45) is 0. The van der Waals surface area contributed by atoms with Gasteiger partial charge in [-0.3, -0.25) is 9.59 Å². The van der Waals surface area contributed by atoms with Gasteiger partial charge >= 0.3 is 0 Å². The molecule has 0 saturated heterocycles. The summed E-state index contributed by atoms with van der Waals surface area (Å²) in [6.45, 7) is 3.43. The second-order valence-electron chi connectivity index (χ2n) is 3.82. The van der Waals surface area contributed by atoms with Gasteiger partial charge in [0, 0.05) is 21.9 Å². The van der Waals surface area contributed by atoms with E-state index in [1.165, 1.54) is 11.3 Å². The van der Waals surface area contributed by atoms with E-state index in [1.54, 1.807) is 24.6 Å². The van der Waals surface area contributed by atoms with E-state index in [-0.39, 0.29) is 11.6 Å². The van der Waals surface area contributed by atoms with Gasteiger partial charge in [-0.05, 0) is 13.8 Å². The van der Waals surface area contributed by atoms with Gasteiger partial charge < -0.3 is 4.42 Å². The Kier molecular flexibility index (Phi) is 1.74. The number of fused-ring (bicyclic) bond motifs is 2. The zero-order valence-electron chi connectivity index (χ0n) is 8.79. The van der Waals surface area contributed by atoms with Gasteiger partial charge in [-0.1, -0.05) is 0 Å². The lowest BCUT2D eigenvalue weighted by Gasteiger charge is -2.10. The van der Waals surface area contributed by atoms with Crippen molar-refractivity contribution in [3.63, 3.8) is 0 Å². The van der Waals surface area contributed by atoms with Crippen molar-refractivity contribution in [3.05, 3.63) is 44.5 Å². The van der Waals surface area contributed by atoms with Crippen molar-refractivity contribution >= 4 is 22.9 Å². The Labute approximate surface area is 95.7 Å². The van der Waals surface area contributed by atoms with Crippen molar-refractivity contribution in [2.45, 2.75) is 13.8 Å². The Morgan fingerprint density at radius 3 is 1.81 bits per heavy atom. The zero-order valence-corrected chi connectivity index (χ0v) is 9.60. The maximum Gasteiger partial charge on any atom is 0.198 e. The van der Waals surface area contributed by atoms with Gasteiger partial charge in [0.1, 0.15) is 11.5 Å². The van der Waals surface area contributed by atoms with Crippen LogP contribution in [0.4, 0.5) is 0 Å². The lowest BCUT2D eigenvalue weighted by molar-refractivity contribution is 0.0980. The molecule has 80 valence electrons. The fourth-order valence-corrected chi connectivity index (χ4v) is 2.96. The third-order valence-electron chi connectivity index (χ3n) is 2.87. The molecule has 0 unspecified atom stereocenters. The normalized spacial score (nSPS) is 13.9. The first kappa shape index (κ1) is 9.54. The van der Waals surface area contributed by atoms with Gasteiger partial charge in [-0.15, -0.1) is 0 Å². The molecule has 0 fully saturated rings. The monoisotopic (exact) mass is 232 g/mol. The molecule has 0 spiro atoms. The lowest BCUT2D eigenvalue weighted by Crippen LogP contribution is -2.18. The van der Waals surface area contributed by atoms with Crippen molar-refractivity contribution in [2.24, 2.45) is 0 Å². The first-order valence-corrected chi connectivity index (χ1v) is 5.81. The second-order valence-corrected chi connectivity index (χ2v) is 4.57. The first-order chi connectivity index (χ1) is 7.61. The van der Waals surface area contributed by atoms with Crippen molar-refractivity contribution < 1.29 is 14.0 Å². The summed E-state index contributed by atoms with van der Waals surface area (Å²) >= 11 is 1.38. The van der Waals surface area contributed by atoms with Crippen LogP contribution in [-0.4, -0.2) is 11.6 Å². The van der Waals surface area contributed by atoms with E-state index >= 15 is 0 Å². The third-order valence-corrected chi connectivity index (χ3v) is 3.61. The molecule has 4 heteroatoms. The Bertz CT molecular complexity index is 580. The maximum atomic E-state index is 12.1. The van der Waals surface area contributed by atoms with E-state index in [9.17, 15) is 9.59 Å². The van der Waals surface area contributed by atoms with Crippen LogP contribution in [0.1, 0.15) is 43.4 Å². The van der Waals surface area contributed by atoms with Crippen molar-refractivity contribution in [1.82, 2.24) is 0 Å². The van der Waals surface area contributed by atoms with E-state index in [0.29, 0.717) is 33.8 Å². The van der Waals surface area contributed by atoms with Crippen molar-refractivity contribution in [1.29, 1.82) is 0 Å². The van der Waals surface area contributed by atoms with E-state index in [2.05, 4.69) is 0 Å². The summed E-state index contributed by atoms with van der Waals surface area (Å²) in [5, 5.41) is 3.44. The van der Waals surface area contributed by atoms with Gasteiger partial charge in [0.05, 0.1) is 11.1 Å². The Balaban J connectivity index is 2.40. The predicted octanol–water partition coefficient (Wildman–Crippen LogP) is 2.73. The molecular weight excluding hydrogens is 224 g/mol. The number of ketones is 2. The molecule has 0 saturated carbocycles. The topological polar surface area (TPSA) is 47.3 Å². The largest absolute Gasteiger partial charge is 0.465 e. The summed E-state index contributed by atoms with van der Waals surface area (Å²) in [5.74, 6) is 0.866. The van der Waals surface area contributed by atoms with Gasteiger partial charge in [-0.2, -0.15) is 11.3 Å². The summed E-state index contributed by atoms with van der Waals surface area (Å²) in [6, 6.07) is 0. The number of furan rings is 1. The summed E-state index contributed by atoms with van der Waals surface area (Å²) < 4.78 is 5.37. The second kappa shape index (κ2) is 2.92. The lowest BCUT2D eigenvalue weighted by atomic mass is 9.87. The average Bonchev–Trinajstić information content (AvgIpc) is 2.80. The molecule has 0 N–H and O–H groups in total. The maximum absolute atomic E-state index is 12.1. The van der Waals surface area contributed by atoms with Gasteiger partial charge in [0.15, 0.2) is 11.6 Å². The summed E-state index contributed by atoms with van der Waals surface area (Å²) in [7, 11) is 0. The molecule has 1 aliphatic rings. The molecular formula is C12H8O3S. The first-order valence-electron chi connectivity index (χ1n) is 4.87. The molecule has 3 nitrogen and oxygen atoms in total. The molecule has 0 atom stereocenters. The number of aryl methyl sites for hydroxylation is 2. The molecule has 3 rings (SSSR count). The third kappa shape index (κ3) is 0.971. The van der Waals surface area contributed by atoms with Gasteiger partial charge in [-0.25, -0.2) is 0 Å². The number of hydrogen-bond donors (Lipinski definition) is 0. The van der Waals surface area contributed by atoms with Crippen molar-refractivity contribution in [3.8, 4) is 0 Å². The van der Waals surface area contributed by atoms with E-state index in [4.69, 9.17) is 4.42 Å². The quantitative estimate of drug-likeness (QED) is 0.598. The number of hydrogen-bond acceptors (Lipinski definition) is 4.